The molecule has 2 atom stereocenters. The number of likely N-dealkylation sites (tertiary alicyclic amines) is 1. The molecular formula is C18H26ClNO2. The Morgan fingerprint density at radius 3 is 2.27 bits per heavy atom. The average molecular weight is 324 g/mol. The Bertz CT molecular complexity index is 471. The molecule has 1 N–H and O–H groups in total. The summed E-state index contributed by atoms with van der Waals surface area (Å²) in [6, 6.07) is 9.97. The van der Waals surface area contributed by atoms with Crippen LogP contribution < -0.4 is 0 Å². The van der Waals surface area contributed by atoms with Gasteiger partial charge in [-0.15, -0.1) is 12.4 Å². The summed E-state index contributed by atoms with van der Waals surface area (Å²) in [6.07, 6.45) is 6.12. The Balaban J connectivity index is 0.00000176. The lowest BCUT2D eigenvalue weighted by Gasteiger charge is -2.41. The van der Waals surface area contributed by atoms with Crippen molar-refractivity contribution in [2.24, 2.45) is 5.92 Å². The monoisotopic (exact) mass is 323 g/mol. The van der Waals surface area contributed by atoms with Crippen LogP contribution in [0, 0.1) is 5.92 Å². The average Bonchev–Trinajstić information content (AvgIpc) is 2.56. The zero-order valence-electron chi connectivity index (χ0n) is 13.0. The highest BCUT2D eigenvalue weighted by Gasteiger charge is 2.33. The van der Waals surface area contributed by atoms with Crippen molar-refractivity contribution in [3.8, 4) is 0 Å². The van der Waals surface area contributed by atoms with E-state index < -0.39 is 0 Å². The molecule has 4 heteroatoms. The number of rotatable bonds is 3. The van der Waals surface area contributed by atoms with Crippen molar-refractivity contribution in [1.29, 1.82) is 0 Å². The van der Waals surface area contributed by atoms with Crippen LogP contribution in [0.1, 0.15) is 48.9 Å². The lowest BCUT2D eigenvalue weighted by atomic mass is 9.85. The number of benzene rings is 1. The van der Waals surface area contributed by atoms with E-state index in [-0.39, 0.29) is 24.4 Å². The van der Waals surface area contributed by atoms with Crippen LogP contribution in [0.3, 0.4) is 0 Å². The van der Waals surface area contributed by atoms with E-state index in [2.05, 4.69) is 4.90 Å². The summed E-state index contributed by atoms with van der Waals surface area (Å²) in [5, 5.41) is 10.2. The molecule has 0 radical (unpaired) electrons. The quantitative estimate of drug-likeness (QED) is 0.868. The van der Waals surface area contributed by atoms with Crippen molar-refractivity contribution in [1.82, 2.24) is 4.90 Å². The molecule has 122 valence electrons. The minimum atomic E-state index is -0.167. The number of nitrogens with zero attached hydrogens (tertiary/aromatic N) is 1. The first-order valence-corrected chi connectivity index (χ1v) is 8.27. The zero-order chi connectivity index (χ0) is 14.7. The van der Waals surface area contributed by atoms with Gasteiger partial charge in [0.1, 0.15) is 0 Å². The van der Waals surface area contributed by atoms with Crippen LogP contribution in [0.2, 0.25) is 0 Å². The first-order chi connectivity index (χ1) is 10.3. The van der Waals surface area contributed by atoms with Crippen molar-refractivity contribution >= 4 is 18.2 Å². The molecule has 0 spiro atoms. The summed E-state index contributed by atoms with van der Waals surface area (Å²) in [5.41, 5.74) is 0.841. The first-order valence-electron chi connectivity index (χ1n) is 8.27. The topological polar surface area (TPSA) is 40.5 Å². The molecule has 0 unspecified atom stereocenters. The van der Waals surface area contributed by atoms with Gasteiger partial charge >= 0.3 is 0 Å². The molecule has 1 saturated heterocycles. The molecule has 22 heavy (non-hydrogen) atoms. The van der Waals surface area contributed by atoms with Gasteiger partial charge in [-0.2, -0.15) is 0 Å². The second-order valence-corrected chi connectivity index (χ2v) is 6.46. The summed E-state index contributed by atoms with van der Waals surface area (Å²) in [7, 11) is 0. The predicted molar refractivity (Wildman–Crippen MR) is 90.6 cm³/mol. The molecule has 0 amide bonds. The van der Waals surface area contributed by atoms with E-state index >= 15 is 0 Å². The SMILES string of the molecule is Cl.O=C(c1ccccc1)C1CCN([C@@H]2CCCC[C@H]2O)CC1. The number of aliphatic hydroxyl groups excluding tert-OH is 1. The van der Waals surface area contributed by atoms with Crippen molar-refractivity contribution in [2.45, 2.75) is 50.7 Å². The van der Waals surface area contributed by atoms with Gasteiger partial charge in [0, 0.05) is 17.5 Å². The van der Waals surface area contributed by atoms with Gasteiger partial charge in [0.2, 0.25) is 0 Å². The predicted octanol–water partition coefficient (Wildman–Crippen LogP) is 3.31. The molecule has 3 nitrogen and oxygen atoms in total. The van der Waals surface area contributed by atoms with Gasteiger partial charge in [-0.1, -0.05) is 43.2 Å². The minimum absolute atomic E-state index is 0. The zero-order valence-corrected chi connectivity index (χ0v) is 13.8. The Hall–Kier alpha value is -0.900. The van der Waals surface area contributed by atoms with E-state index in [1.165, 1.54) is 6.42 Å². The van der Waals surface area contributed by atoms with E-state index in [0.29, 0.717) is 11.8 Å². The maximum Gasteiger partial charge on any atom is 0.166 e. The van der Waals surface area contributed by atoms with E-state index in [1.807, 2.05) is 30.3 Å². The number of carbonyl (C=O) groups excluding carboxylic acids is 1. The molecule has 0 bridgehead atoms. The lowest BCUT2D eigenvalue weighted by Crippen LogP contribution is -2.49. The van der Waals surface area contributed by atoms with Crippen LogP contribution in [0.25, 0.3) is 0 Å². The van der Waals surface area contributed by atoms with Gasteiger partial charge in [0.25, 0.3) is 0 Å². The summed E-state index contributed by atoms with van der Waals surface area (Å²) in [5.74, 6) is 0.448. The minimum Gasteiger partial charge on any atom is -0.391 e. The summed E-state index contributed by atoms with van der Waals surface area (Å²) in [6.45, 7) is 1.90. The molecule has 1 aliphatic heterocycles. The fourth-order valence-corrected chi connectivity index (χ4v) is 3.85. The molecular weight excluding hydrogens is 298 g/mol. The van der Waals surface area contributed by atoms with E-state index in [1.54, 1.807) is 0 Å². The van der Waals surface area contributed by atoms with Crippen LogP contribution in [-0.2, 0) is 0 Å². The second-order valence-electron chi connectivity index (χ2n) is 6.46. The van der Waals surface area contributed by atoms with Crippen molar-refractivity contribution in [2.75, 3.05) is 13.1 Å². The van der Waals surface area contributed by atoms with Gasteiger partial charge in [-0.3, -0.25) is 9.69 Å². The van der Waals surface area contributed by atoms with Crippen LogP contribution in [0.15, 0.2) is 30.3 Å². The molecule has 0 aromatic heterocycles. The fraction of sp³-hybridized carbons (Fsp3) is 0.611. The molecule has 1 aromatic carbocycles. The van der Waals surface area contributed by atoms with Crippen LogP contribution in [-0.4, -0.2) is 41.0 Å². The third-order valence-corrected chi connectivity index (χ3v) is 5.12. The van der Waals surface area contributed by atoms with Gasteiger partial charge in [-0.05, 0) is 38.8 Å². The lowest BCUT2D eigenvalue weighted by molar-refractivity contribution is 0.00500. The molecule has 3 rings (SSSR count). The summed E-state index contributed by atoms with van der Waals surface area (Å²) in [4.78, 5) is 14.9. The summed E-state index contributed by atoms with van der Waals surface area (Å²) < 4.78 is 0. The number of aliphatic hydroxyl groups is 1. The van der Waals surface area contributed by atoms with Crippen LogP contribution >= 0.6 is 12.4 Å². The number of piperidine rings is 1. The van der Waals surface area contributed by atoms with Crippen LogP contribution in [0.5, 0.6) is 0 Å². The summed E-state index contributed by atoms with van der Waals surface area (Å²) >= 11 is 0. The third-order valence-electron chi connectivity index (χ3n) is 5.12. The Morgan fingerprint density at radius 1 is 1.00 bits per heavy atom. The van der Waals surface area contributed by atoms with Crippen LogP contribution in [0.4, 0.5) is 0 Å². The van der Waals surface area contributed by atoms with Crippen molar-refractivity contribution in [3.05, 3.63) is 35.9 Å². The van der Waals surface area contributed by atoms with E-state index in [4.69, 9.17) is 0 Å². The number of hydrogen-bond acceptors (Lipinski definition) is 3. The number of hydrogen-bond donors (Lipinski definition) is 1. The fourth-order valence-electron chi connectivity index (χ4n) is 3.85. The smallest absolute Gasteiger partial charge is 0.166 e. The molecule has 2 aliphatic rings. The molecule has 1 aromatic rings. The second kappa shape index (κ2) is 8.09. The highest BCUT2D eigenvalue weighted by atomic mass is 35.5. The standard InChI is InChI=1S/C18H25NO2.ClH/c20-17-9-5-4-8-16(17)19-12-10-15(11-13-19)18(21)14-6-2-1-3-7-14;/h1-3,6-7,15-17,20H,4-5,8-13H2;1H/t16-,17-;/m1./s1. The maximum atomic E-state index is 12.5. The highest BCUT2D eigenvalue weighted by Crippen LogP contribution is 2.28. The Morgan fingerprint density at radius 2 is 1.64 bits per heavy atom. The molecule has 2 fully saturated rings. The number of carbonyl (C=O) groups is 1. The first kappa shape index (κ1) is 17.5. The number of Topliss-reactive ketones (excluding diaryl/α,β-unsaturated/α-hetero) is 1. The molecule has 1 saturated carbocycles. The van der Waals surface area contributed by atoms with Gasteiger partial charge in [-0.25, -0.2) is 0 Å². The van der Waals surface area contributed by atoms with E-state index in [0.717, 1.165) is 50.8 Å². The van der Waals surface area contributed by atoms with Crippen molar-refractivity contribution < 1.29 is 9.90 Å². The number of ketones is 1. The van der Waals surface area contributed by atoms with Gasteiger partial charge < -0.3 is 5.11 Å². The number of halogens is 1. The Kier molecular flexibility index (Phi) is 6.42. The van der Waals surface area contributed by atoms with Gasteiger partial charge in [0.05, 0.1) is 6.10 Å². The molecule has 1 heterocycles. The third kappa shape index (κ3) is 3.89. The highest BCUT2D eigenvalue weighted by molar-refractivity contribution is 5.97. The van der Waals surface area contributed by atoms with Gasteiger partial charge in [0.15, 0.2) is 5.78 Å². The Labute approximate surface area is 139 Å². The van der Waals surface area contributed by atoms with E-state index in [9.17, 15) is 9.90 Å². The van der Waals surface area contributed by atoms with Crippen molar-refractivity contribution in [3.63, 3.8) is 0 Å². The molecule has 1 aliphatic carbocycles. The maximum absolute atomic E-state index is 12.5. The normalized spacial score (nSPS) is 27.1. The largest absolute Gasteiger partial charge is 0.391 e.